The van der Waals surface area contributed by atoms with E-state index in [4.69, 9.17) is 0 Å². The summed E-state index contributed by atoms with van der Waals surface area (Å²) >= 11 is 0. The fourth-order valence-electron chi connectivity index (χ4n) is 3.29. The van der Waals surface area contributed by atoms with Gasteiger partial charge >= 0.3 is 0 Å². The van der Waals surface area contributed by atoms with E-state index >= 15 is 0 Å². The van der Waals surface area contributed by atoms with Crippen LogP contribution in [0.2, 0.25) is 0 Å². The Morgan fingerprint density at radius 3 is 2.20 bits per heavy atom. The lowest BCUT2D eigenvalue weighted by atomic mass is 9.79. The molecule has 2 atom stereocenters. The second-order valence-electron chi connectivity index (χ2n) is 5.49. The van der Waals surface area contributed by atoms with E-state index in [1.165, 1.54) is 25.7 Å². The van der Waals surface area contributed by atoms with Crippen LogP contribution in [0.4, 0.5) is 4.39 Å². The normalized spacial score (nSPS) is 33.6. The Morgan fingerprint density at radius 2 is 1.67 bits per heavy atom. The molecule has 0 bridgehead atoms. The smallest absolute Gasteiger partial charge is 0.126 e. The maximum atomic E-state index is 14.8. The molecule has 2 heteroatoms. The minimum atomic E-state index is -0.971. The molecule has 1 aliphatic carbocycles. The van der Waals surface area contributed by atoms with Gasteiger partial charge in [-0.25, -0.2) is 4.39 Å². The topological polar surface area (TPSA) is 12.0 Å². The Kier molecular flexibility index (Phi) is 3.65. The molecule has 0 spiro atoms. The predicted molar refractivity (Wildman–Crippen MR) is 61.7 cm³/mol. The summed E-state index contributed by atoms with van der Waals surface area (Å²) in [5, 5.41) is 3.34. The average Bonchev–Trinajstić information content (AvgIpc) is 2.61. The van der Waals surface area contributed by atoms with E-state index < -0.39 is 5.67 Å². The molecule has 15 heavy (non-hydrogen) atoms. The number of alkyl halides is 1. The molecule has 1 nitrogen and oxygen atoms in total. The van der Waals surface area contributed by atoms with E-state index in [9.17, 15) is 4.39 Å². The summed E-state index contributed by atoms with van der Waals surface area (Å²) in [5.74, 6) is 0.301. The molecule has 2 aliphatic rings. The predicted octanol–water partition coefficient (Wildman–Crippen LogP) is 3.44. The summed E-state index contributed by atoms with van der Waals surface area (Å²) in [6, 6.07) is 0.126. The van der Waals surface area contributed by atoms with E-state index in [0.717, 1.165) is 32.2 Å². The van der Waals surface area contributed by atoms with Crippen LogP contribution in [0.1, 0.15) is 58.3 Å². The highest BCUT2D eigenvalue weighted by molar-refractivity contribution is 4.96. The number of hydrogen-bond donors (Lipinski definition) is 1. The van der Waals surface area contributed by atoms with Gasteiger partial charge in [0.1, 0.15) is 5.67 Å². The highest BCUT2D eigenvalue weighted by Crippen LogP contribution is 2.38. The molecular weight excluding hydrogens is 189 g/mol. The van der Waals surface area contributed by atoms with Gasteiger partial charge in [-0.3, -0.25) is 0 Å². The van der Waals surface area contributed by atoms with Crippen LogP contribution in [-0.2, 0) is 0 Å². The van der Waals surface area contributed by atoms with Gasteiger partial charge in [0.2, 0.25) is 0 Å². The molecule has 1 saturated heterocycles. The van der Waals surface area contributed by atoms with Gasteiger partial charge < -0.3 is 5.32 Å². The second-order valence-corrected chi connectivity index (χ2v) is 5.49. The number of rotatable bonds is 2. The number of hydrogen-bond acceptors (Lipinski definition) is 1. The highest BCUT2D eigenvalue weighted by Gasteiger charge is 2.42. The molecule has 0 amide bonds. The van der Waals surface area contributed by atoms with Gasteiger partial charge in [-0.2, -0.15) is 0 Å². The van der Waals surface area contributed by atoms with Crippen molar-refractivity contribution in [2.24, 2.45) is 5.92 Å². The summed E-state index contributed by atoms with van der Waals surface area (Å²) in [7, 11) is 0. The van der Waals surface area contributed by atoms with Gasteiger partial charge in [0.25, 0.3) is 0 Å². The van der Waals surface area contributed by atoms with Crippen LogP contribution in [0.3, 0.4) is 0 Å². The van der Waals surface area contributed by atoms with Crippen LogP contribution in [0, 0.1) is 5.92 Å². The lowest BCUT2D eigenvalue weighted by molar-refractivity contribution is 0.0533. The number of nitrogens with one attached hydrogen (secondary N) is 1. The quantitative estimate of drug-likeness (QED) is 0.693. The molecule has 1 N–H and O–H groups in total. The van der Waals surface area contributed by atoms with Crippen LogP contribution in [0.5, 0.6) is 0 Å². The van der Waals surface area contributed by atoms with Crippen molar-refractivity contribution < 1.29 is 4.39 Å². The molecule has 2 rings (SSSR count). The summed E-state index contributed by atoms with van der Waals surface area (Å²) in [6.45, 7) is 2.85. The van der Waals surface area contributed by atoms with Gasteiger partial charge in [0.05, 0.1) is 0 Å². The molecule has 0 aromatic heterocycles. The second kappa shape index (κ2) is 4.82. The fraction of sp³-hybridized carbons (Fsp3) is 1.00. The lowest BCUT2D eigenvalue weighted by Gasteiger charge is -2.35. The molecular formula is C13H24FN. The summed E-state index contributed by atoms with van der Waals surface area (Å²) in [5.41, 5.74) is -0.971. The van der Waals surface area contributed by atoms with Crippen molar-refractivity contribution in [2.75, 3.05) is 6.54 Å². The van der Waals surface area contributed by atoms with Crippen molar-refractivity contribution in [3.05, 3.63) is 0 Å². The molecule has 1 heterocycles. The van der Waals surface area contributed by atoms with Crippen molar-refractivity contribution >= 4 is 0 Å². The van der Waals surface area contributed by atoms with Crippen molar-refractivity contribution in [1.29, 1.82) is 0 Å². The Bertz CT molecular complexity index is 189. The van der Waals surface area contributed by atoms with E-state index in [2.05, 4.69) is 5.32 Å². The summed E-state index contributed by atoms with van der Waals surface area (Å²) in [4.78, 5) is 0. The molecule has 0 aromatic rings. The van der Waals surface area contributed by atoms with Gasteiger partial charge in [-0.15, -0.1) is 0 Å². The highest BCUT2D eigenvalue weighted by atomic mass is 19.1. The van der Waals surface area contributed by atoms with Gasteiger partial charge in [0.15, 0.2) is 0 Å². The zero-order valence-electron chi connectivity index (χ0n) is 9.90. The first kappa shape index (κ1) is 11.4. The largest absolute Gasteiger partial charge is 0.311 e. The van der Waals surface area contributed by atoms with Crippen molar-refractivity contribution in [2.45, 2.75) is 70.0 Å². The molecule has 88 valence electrons. The molecule has 0 radical (unpaired) electrons. The molecule has 1 saturated carbocycles. The molecule has 1 aliphatic heterocycles. The molecule has 0 aromatic carbocycles. The minimum Gasteiger partial charge on any atom is -0.311 e. The average molecular weight is 213 g/mol. The third-order valence-corrected chi connectivity index (χ3v) is 4.40. The van der Waals surface area contributed by atoms with Crippen LogP contribution in [0.25, 0.3) is 0 Å². The maximum Gasteiger partial charge on any atom is 0.126 e. The van der Waals surface area contributed by atoms with Crippen LogP contribution in [-0.4, -0.2) is 18.3 Å². The van der Waals surface area contributed by atoms with Crippen molar-refractivity contribution in [1.82, 2.24) is 5.32 Å². The lowest BCUT2D eigenvalue weighted by Crippen LogP contribution is -2.47. The SMILES string of the molecule is CC(F)(C1CCCCCC1)C1CCCN1. The Balaban J connectivity index is 1.98. The third kappa shape index (κ3) is 2.52. The monoisotopic (exact) mass is 213 g/mol. The van der Waals surface area contributed by atoms with E-state index in [-0.39, 0.29) is 6.04 Å². The van der Waals surface area contributed by atoms with Crippen LogP contribution < -0.4 is 5.32 Å². The van der Waals surface area contributed by atoms with E-state index in [1.54, 1.807) is 0 Å². The molecule has 2 fully saturated rings. The van der Waals surface area contributed by atoms with E-state index in [1.807, 2.05) is 6.92 Å². The van der Waals surface area contributed by atoms with Crippen LogP contribution in [0.15, 0.2) is 0 Å². The summed E-state index contributed by atoms with van der Waals surface area (Å²) in [6.07, 6.45) is 9.47. The maximum absolute atomic E-state index is 14.8. The number of halogens is 1. The van der Waals surface area contributed by atoms with Gasteiger partial charge in [0, 0.05) is 6.04 Å². The zero-order valence-corrected chi connectivity index (χ0v) is 9.90. The van der Waals surface area contributed by atoms with Crippen LogP contribution >= 0.6 is 0 Å². The Hall–Kier alpha value is -0.110. The van der Waals surface area contributed by atoms with E-state index in [0.29, 0.717) is 5.92 Å². The minimum absolute atomic E-state index is 0.126. The van der Waals surface area contributed by atoms with Gasteiger partial charge in [-0.1, -0.05) is 25.7 Å². The Morgan fingerprint density at radius 1 is 1.00 bits per heavy atom. The zero-order chi connectivity index (χ0) is 10.7. The third-order valence-electron chi connectivity index (χ3n) is 4.40. The summed E-state index contributed by atoms with van der Waals surface area (Å²) < 4.78 is 14.8. The van der Waals surface area contributed by atoms with Crippen molar-refractivity contribution in [3.8, 4) is 0 Å². The van der Waals surface area contributed by atoms with Gasteiger partial charge in [-0.05, 0) is 45.1 Å². The first-order valence-electron chi connectivity index (χ1n) is 6.63. The standard InChI is InChI=1S/C13H24FN/c1-13(14,12-9-6-10-15-12)11-7-4-2-3-5-8-11/h11-12,15H,2-10H2,1H3. The Labute approximate surface area is 92.8 Å². The fourth-order valence-corrected chi connectivity index (χ4v) is 3.29. The first-order valence-corrected chi connectivity index (χ1v) is 6.63. The molecule has 2 unspecified atom stereocenters. The van der Waals surface area contributed by atoms with Crippen molar-refractivity contribution in [3.63, 3.8) is 0 Å². The first-order chi connectivity index (χ1) is 7.21.